The average molecular weight is 639 g/mol. The van der Waals surface area contributed by atoms with Gasteiger partial charge in [0, 0.05) is 12.0 Å². The van der Waals surface area contributed by atoms with Crippen LogP contribution in [0.3, 0.4) is 0 Å². The molecule has 1 aliphatic heterocycles. The van der Waals surface area contributed by atoms with E-state index in [9.17, 15) is 19.2 Å². The Hall–Kier alpha value is -4.26. The van der Waals surface area contributed by atoms with Crippen LogP contribution in [0.25, 0.3) is 0 Å². The lowest BCUT2D eigenvalue weighted by molar-refractivity contribution is -0.160. The molecule has 45 heavy (non-hydrogen) atoms. The lowest BCUT2D eigenvalue weighted by atomic mass is 9.54. The highest BCUT2D eigenvalue weighted by Crippen LogP contribution is 2.69. The van der Waals surface area contributed by atoms with Gasteiger partial charge in [0.05, 0.1) is 11.8 Å². The highest BCUT2D eigenvalue weighted by atomic mass is 35.5. The van der Waals surface area contributed by atoms with Crippen LogP contribution in [0.4, 0.5) is 0 Å². The summed E-state index contributed by atoms with van der Waals surface area (Å²) in [7, 11) is 0. The van der Waals surface area contributed by atoms with Gasteiger partial charge in [-0.15, -0.1) is 23.2 Å². The fourth-order valence-electron chi connectivity index (χ4n) is 7.37. The number of benzene rings is 4. The molecule has 226 valence electrons. The molecule has 4 atom stereocenters. The molecular weight excluding hydrogens is 609 g/mol. The van der Waals surface area contributed by atoms with Gasteiger partial charge in [-0.2, -0.15) is 0 Å². The molecule has 1 saturated heterocycles. The quantitative estimate of drug-likeness (QED) is 0.103. The number of imide groups is 1. The number of rotatable bonds is 7. The van der Waals surface area contributed by atoms with E-state index in [0.717, 1.165) is 10.5 Å². The molecule has 1 fully saturated rings. The lowest BCUT2D eigenvalue weighted by Gasteiger charge is -2.54. The number of Topliss-reactive ketones (excluding diaryl/α,β-unsaturated/α-hetero) is 1. The Morgan fingerprint density at radius 1 is 0.733 bits per heavy atom. The van der Waals surface area contributed by atoms with Crippen molar-refractivity contribution in [2.24, 2.45) is 11.8 Å². The van der Waals surface area contributed by atoms with E-state index in [2.05, 4.69) is 0 Å². The van der Waals surface area contributed by atoms with Gasteiger partial charge in [0.1, 0.15) is 15.8 Å². The molecule has 0 unspecified atom stereocenters. The number of likely N-dealkylation sites (tertiary alicyclic amines) is 1. The molecule has 0 spiro atoms. The van der Waals surface area contributed by atoms with Gasteiger partial charge in [0.15, 0.2) is 6.10 Å². The van der Waals surface area contributed by atoms with Crippen LogP contribution in [0, 0.1) is 18.8 Å². The van der Waals surface area contributed by atoms with Crippen molar-refractivity contribution in [2.75, 3.05) is 0 Å². The van der Waals surface area contributed by atoms with Crippen LogP contribution in [-0.4, -0.2) is 40.6 Å². The van der Waals surface area contributed by atoms with Crippen molar-refractivity contribution < 1.29 is 23.9 Å². The highest BCUT2D eigenvalue weighted by molar-refractivity contribution is 6.36. The van der Waals surface area contributed by atoms with Crippen molar-refractivity contribution in [2.45, 2.75) is 42.2 Å². The Morgan fingerprint density at radius 3 is 1.64 bits per heavy atom. The Morgan fingerprint density at radius 2 is 1.18 bits per heavy atom. The van der Waals surface area contributed by atoms with Crippen LogP contribution in [0.2, 0.25) is 0 Å². The molecule has 0 saturated carbocycles. The molecule has 2 bridgehead atoms. The molecular formula is C37H29Cl2NO5. The van der Waals surface area contributed by atoms with E-state index >= 15 is 0 Å². The van der Waals surface area contributed by atoms with Crippen LogP contribution in [0.5, 0.6) is 0 Å². The standard InChI is InChI=1S/C37H29Cl2NO5/c1-21-16-18-24(19-17-21)32(41)22(2)45-35(44)29(20-23-10-4-3-5-11-23)40-33(42)30-31(34(40)43)37(39)26-13-7-6-12-25(26)36(30,38)27-14-8-9-15-28(27)37/h3-19,22,29-31H,20H2,1-2H3/t22-,29+,30-,31+,36?,37?/m0/s1. The summed E-state index contributed by atoms with van der Waals surface area (Å²) in [4.78, 5) is 54.7. The Balaban J connectivity index is 1.30. The molecule has 2 amide bonds. The van der Waals surface area contributed by atoms with Crippen LogP contribution < -0.4 is 0 Å². The second-order valence-electron chi connectivity index (χ2n) is 12.0. The van der Waals surface area contributed by atoms with Crippen molar-refractivity contribution in [1.82, 2.24) is 4.90 Å². The second-order valence-corrected chi connectivity index (χ2v) is 13.2. The summed E-state index contributed by atoms with van der Waals surface area (Å²) in [5, 5.41) is 0. The number of ether oxygens (including phenoxy) is 1. The van der Waals surface area contributed by atoms with E-state index in [1.165, 1.54) is 6.92 Å². The minimum atomic E-state index is -1.38. The molecule has 4 aromatic carbocycles. The predicted octanol–water partition coefficient (Wildman–Crippen LogP) is 6.31. The van der Waals surface area contributed by atoms with Crippen molar-refractivity contribution in [3.8, 4) is 0 Å². The molecule has 4 aromatic rings. The summed E-state index contributed by atoms with van der Waals surface area (Å²) in [5.41, 5.74) is 4.77. The maximum atomic E-state index is 14.6. The zero-order valence-electron chi connectivity index (χ0n) is 24.6. The summed E-state index contributed by atoms with van der Waals surface area (Å²) >= 11 is 15.2. The number of halogens is 2. The molecule has 0 aromatic heterocycles. The number of esters is 1. The number of hydrogen-bond acceptors (Lipinski definition) is 5. The molecule has 8 rings (SSSR count). The number of alkyl halides is 2. The van der Waals surface area contributed by atoms with Crippen LogP contribution >= 0.6 is 23.2 Å². The zero-order valence-corrected chi connectivity index (χ0v) is 26.1. The van der Waals surface area contributed by atoms with Crippen LogP contribution in [0.15, 0.2) is 103 Å². The number of hydrogen-bond donors (Lipinski definition) is 0. The molecule has 6 nitrogen and oxygen atoms in total. The van der Waals surface area contributed by atoms with Crippen molar-refractivity contribution in [3.05, 3.63) is 142 Å². The topological polar surface area (TPSA) is 80.8 Å². The molecule has 1 heterocycles. The monoisotopic (exact) mass is 637 g/mol. The smallest absolute Gasteiger partial charge is 0.330 e. The molecule has 3 aliphatic carbocycles. The summed E-state index contributed by atoms with van der Waals surface area (Å²) in [6, 6.07) is 29.4. The van der Waals surface area contributed by atoms with E-state index in [0.29, 0.717) is 33.4 Å². The first kappa shape index (κ1) is 29.5. The number of carbonyl (C=O) groups is 4. The van der Waals surface area contributed by atoms with Crippen molar-refractivity contribution in [3.63, 3.8) is 0 Å². The predicted molar refractivity (Wildman–Crippen MR) is 170 cm³/mol. The van der Waals surface area contributed by atoms with Gasteiger partial charge in [0.2, 0.25) is 17.6 Å². The SMILES string of the molecule is Cc1ccc(C(=O)[C@H](C)OC(=O)[C@@H](Cc2ccccc2)N2C(=O)[C@@H]3[C@H](C2=O)C2(Cl)c4ccccc4C3(Cl)c3ccccc32)cc1. The van der Waals surface area contributed by atoms with Gasteiger partial charge in [-0.3, -0.25) is 19.3 Å². The first-order chi connectivity index (χ1) is 21.6. The summed E-state index contributed by atoms with van der Waals surface area (Å²) in [6.07, 6.45) is -1.16. The second kappa shape index (κ2) is 10.7. The minimum absolute atomic E-state index is 0.00744. The van der Waals surface area contributed by atoms with E-state index < -0.39 is 57.3 Å². The van der Waals surface area contributed by atoms with Crippen molar-refractivity contribution >= 4 is 46.8 Å². The maximum absolute atomic E-state index is 14.6. The normalized spacial score (nSPS) is 25.6. The summed E-state index contributed by atoms with van der Waals surface area (Å²) < 4.78 is 5.74. The number of amides is 2. The Kier molecular flexibility index (Phi) is 6.99. The fraction of sp³-hybridized carbons (Fsp3) is 0.243. The summed E-state index contributed by atoms with van der Waals surface area (Å²) in [5.74, 6) is -4.56. The molecule has 8 heteroatoms. The van der Waals surface area contributed by atoms with E-state index in [-0.39, 0.29) is 6.42 Å². The van der Waals surface area contributed by atoms with Crippen LogP contribution in [-0.2, 0) is 35.3 Å². The Labute approximate surface area is 270 Å². The third-order valence-corrected chi connectivity index (χ3v) is 10.8. The van der Waals surface area contributed by atoms with E-state index in [1.807, 2.05) is 73.7 Å². The van der Waals surface area contributed by atoms with Crippen LogP contribution in [0.1, 0.15) is 50.7 Å². The largest absolute Gasteiger partial charge is 0.453 e. The molecule has 0 N–H and O–H groups in total. The minimum Gasteiger partial charge on any atom is -0.453 e. The number of carbonyl (C=O) groups excluding carboxylic acids is 4. The zero-order chi connectivity index (χ0) is 31.7. The molecule has 4 aliphatic rings. The van der Waals surface area contributed by atoms with E-state index in [4.69, 9.17) is 27.9 Å². The van der Waals surface area contributed by atoms with Gasteiger partial charge in [-0.1, -0.05) is 109 Å². The van der Waals surface area contributed by atoms with Gasteiger partial charge in [-0.05, 0) is 41.7 Å². The number of ketones is 1. The lowest BCUT2D eigenvalue weighted by Crippen LogP contribution is -2.57. The van der Waals surface area contributed by atoms with E-state index in [1.54, 1.807) is 36.4 Å². The maximum Gasteiger partial charge on any atom is 0.330 e. The molecule has 0 radical (unpaired) electrons. The van der Waals surface area contributed by atoms with Gasteiger partial charge in [-0.25, -0.2) is 4.79 Å². The van der Waals surface area contributed by atoms with Crippen molar-refractivity contribution in [1.29, 1.82) is 0 Å². The number of aryl methyl sites for hydroxylation is 1. The first-order valence-corrected chi connectivity index (χ1v) is 15.6. The average Bonchev–Trinajstić information content (AvgIpc) is 3.33. The Bertz CT molecular complexity index is 1750. The fourth-order valence-corrected chi connectivity index (χ4v) is 8.47. The third-order valence-electron chi connectivity index (χ3n) is 9.47. The van der Waals surface area contributed by atoms with Gasteiger partial charge >= 0.3 is 5.97 Å². The highest BCUT2D eigenvalue weighted by Gasteiger charge is 2.73. The van der Waals surface area contributed by atoms with Gasteiger partial charge < -0.3 is 4.74 Å². The number of nitrogens with zero attached hydrogens (tertiary/aromatic N) is 1. The third kappa shape index (κ3) is 4.23. The summed E-state index contributed by atoms with van der Waals surface area (Å²) in [6.45, 7) is 3.40. The first-order valence-electron chi connectivity index (χ1n) is 14.9. The van der Waals surface area contributed by atoms with Gasteiger partial charge in [0.25, 0.3) is 0 Å².